The number of rotatable bonds is 7. The Morgan fingerprint density at radius 2 is 1.66 bits per heavy atom. The van der Waals surface area contributed by atoms with E-state index in [-0.39, 0.29) is 11.8 Å². The summed E-state index contributed by atoms with van der Waals surface area (Å²) in [5.74, 6) is 2.49. The smallest absolute Gasteiger partial charge is 0.203 e. The fourth-order valence-corrected chi connectivity index (χ4v) is 4.56. The van der Waals surface area contributed by atoms with E-state index in [0.29, 0.717) is 29.5 Å². The van der Waals surface area contributed by atoms with E-state index in [2.05, 4.69) is 33.9 Å². The molecule has 1 unspecified atom stereocenters. The van der Waals surface area contributed by atoms with E-state index in [1.165, 1.54) is 5.69 Å². The fourth-order valence-electron chi connectivity index (χ4n) is 4.56. The second kappa shape index (κ2) is 9.44. The Morgan fingerprint density at radius 3 is 2.38 bits per heavy atom. The average molecular weight is 439 g/mol. The number of fused-ring (bicyclic) bond motifs is 1. The molecule has 4 rings (SSSR count). The molecule has 0 saturated carbocycles. The quantitative estimate of drug-likeness (QED) is 0.596. The predicted molar refractivity (Wildman–Crippen MR) is 122 cm³/mol. The fraction of sp³-hybridized carbons (Fsp3) is 0.360. The van der Waals surface area contributed by atoms with Crippen LogP contribution < -0.4 is 18.9 Å². The molecule has 0 fully saturated rings. The number of phenolic OH excluding ortho intramolecular Hbond substituents is 1. The third-order valence-electron chi connectivity index (χ3n) is 6.01. The SMILES string of the molecule is COc1cc(CN2CCCn3cccc3C2c2ccc(OC)c(OC)c2OC)ccc1O. The summed E-state index contributed by atoms with van der Waals surface area (Å²) in [5.41, 5.74) is 3.26. The second-order valence-corrected chi connectivity index (χ2v) is 7.78. The normalized spacial score (nSPS) is 16.2. The average Bonchev–Trinajstić information content (AvgIpc) is 3.20. The molecule has 0 saturated heterocycles. The zero-order chi connectivity index (χ0) is 22.7. The maximum atomic E-state index is 10.0. The van der Waals surface area contributed by atoms with Gasteiger partial charge in [-0.3, -0.25) is 4.90 Å². The minimum atomic E-state index is -0.0537. The van der Waals surface area contributed by atoms with Crippen molar-refractivity contribution in [1.82, 2.24) is 9.47 Å². The van der Waals surface area contributed by atoms with Crippen molar-refractivity contribution in [3.05, 3.63) is 65.5 Å². The van der Waals surface area contributed by atoms with Gasteiger partial charge >= 0.3 is 0 Å². The highest BCUT2D eigenvalue weighted by Crippen LogP contribution is 2.46. The third kappa shape index (κ3) is 3.96. The summed E-state index contributed by atoms with van der Waals surface area (Å²) in [6, 6.07) is 13.7. The van der Waals surface area contributed by atoms with E-state index < -0.39 is 0 Å². The monoisotopic (exact) mass is 438 g/mol. The molecule has 0 spiro atoms. The second-order valence-electron chi connectivity index (χ2n) is 7.78. The molecule has 3 aromatic rings. The molecule has 32 heavy (non-hydrogen) atoms. The Balaban J connectivity index is 1.82. The summed E-state index contributed by atoms with van der Waals surface area (Å²) in [5, 5.41) is 10.0. The van der Waals surface area contributed by atoms with Gasteiger partial charge in [0, 0.05) is 37.1 Å². The van der Waals surface area contributed by atoms with Crippen LogP contribution in [0.4, 0.5) is 0 Å². The number of aromatic hydroxyl groups is 1. The molecule has 2 aromatic carbocycles. The minimum absolute atomic E-state index is 0.0537. The molecule has 1 aromatic heterocycles. The summed E-state index contributed by atoms with van der Waals surface area (Å²) in [7, 11) is 6.47. The van der Waals surface area contributed by atoms with Crippen LogP contribution in [-0.2, 0) is 13.1 Å². The Morgan fingerprint density at radius 1 is 0.875 bits per heavy atom. The van der Waals surface area contributed by atoms with Gasteiger partial charge in [-0.1, -0.05) is 6.07 Å². The number of hydrogen-bond acceptors (Lipinski definition) is 6. The lowest BCUT2D eigenvalue weighted by Gasteiger charge is -2.32. The minimum Gasteiger partial charge on any atom is -0.504 e. The van der Waals surface area contributed by atoms with Gasteiger partial charge in [0.05, 0.1) is 34.5 Å². The van der Waals surface area contributed by atoms with Crippen LogP contribution in [-0.4, -0.2) is 49.6 Å². The van der Waals surface area contributed by atoms with Gasteiger partial charge in [-0.15, -0.1) is 0 Å². The highest BCUT2D eigenvalue weighted by Gasteiger charge is 2.32. The first-order valence-corrected chi connectivity index (χ1v) is 10.6. The summed E-state index contributed by atoms with van der Waals surface area (Å²) in [4.78, 5) is 2.43. The molecule has 1 atom stereocenters. The molecule has 0 amide bonds. The lowest BCUT2D eigenvalue weighted by molar-refractivity contribution is 0.214. The number of nitrogens with zero attached hydrogens (tertiary/aromatic N) is 2. The van der Waals surface area contributed by atoms with Crippen molar-refractivity contribution < 1.29 is 24.1 Å². The number of ether oxygens (including phenoxy) is 4. The third-order valence-corrected chi connectivity index (χ3v) is 6.01. The van der Waals surface area contributed by atoms with Gasteiger partial charge in [-0.2, -0.15) is 0 Å². The topological polar surface area (TPSA) is 65.3 Å². The van der Waals surface area contributed by atoms with Gasteiger partial charge in [0.2, 0.25) is 5.75 Å². The molecular weight excluding hydrogens is 408 g/mol. The maximum Gasteiger partial charge on any atom is 0.203 e. The molecule has 0 aliphatic carbocycles. The van der Waals surface area contributed by atoms with Crippen molar-refractivity contribution in [1.29, 1.82) is 0 Å². The van der Waals surface area contributed by atoms with E-state index in [0.717, 1.165) is 30.6 Å². The number of phenols is 1. The first-order valence-electron chi connectivity index (χ1n) is 10.6. The van der Waals surface area contributed by atoms with Crippen molar-refractivity contribution in [3.63, 3.8) is 0 Å². The van der Waals surface area contributed by atoms with Gasteiger partial charge in [-0.05, 0) is 48.4 Å². The standard InChI is InChI=1S/C25H30N2O5/c1-29-21-11-9-18(24(31-3)25(21)32-4)23-19-7-5-12-26(19)13-6-14-27(23)16-17-8-10-20(28)22(15-17)30-2/h5,7-12,15,23,28H,6,13-14,16H2,1-4H3. The Kier molecular flexibility index (Phi) is 6.46. The molecule has 0 radical (unpaired) electrons. The van der Waals surface area contributed by atoms with E-state index in [1.54, 1.807) is 34.5 Å². The molecule has 2 heterocycles. The van der Waals surface area contributed by atoms with Crippen molar-refractivity contribution in [3.8, 4) is 28.7 Å². The molecule has 170 valence electrons. The van der Waals surface area contributed by atoms with Crippen LogP contribution in [0.25, 0.3) is 0 Å². The summed E-state index contributed by atoms with van der Waals surface area (Å²) < 4.78 is 24.6. The summed E-state index contributed by atoms with van der Waals surface area (Å²) in [6.45, 7) is 2.53. The zero-order valence-electron chi connectivity index (χ0n) is 19.0. The molecule has 1 N–H and O–H groups in total. The van der Waals surface area contributed by atoms with E-state index in [1.807, 2.05) is 18.2 Å². The highest BCUT2D eigenvalue weighted by atomic mass is 16.5. The number of aryl methyl sites for hydroxylation is 1. The number of methoxy groups -OCH3 is 4. The zero-order valence-corrected chi connectivity index (χ0v) is 19.0. The van der Waals surface area contributed by atoms with Crippen LogP contribution in [0.15, 0.2) is 48.7 Å². The van der Waals surface area contributed by atoms with Crippen LogP contribution in [0.3, 0.4) is 0 Å². The van der Waals surface area contributed by atoms with E-state index in [4.69, 9.17) is 18.9 Å². The van der Waals surface area contributed by atoms with Crippen molar-refractivity contribution in [2.45, 2.75) is 25.6 Å². The van der Waals surface area contributed by atoms with Gasteiger partial charge < -0.3 is 28.6 Å². The number of benzene rings is 2. The van der Waals surface area contributed by atoms with Crippen LogP contribution in [0, 0.1) is 0 Å². The van der Waals surface area contributed by atoms with Crippen molar-refractivity contribution >= 4 is 0 Å². The highest BCUT2D eigenvalue weighted by molar-refractivity contribution is 5.58. The Labute approximate surface area is 188 Å². The number of aromatic nitrogens is 1. The van der Waals surface area contributed by atoms with Crippen LogP contribution >= 0.6 is 0 Å². The molecule has 7 nitrogen and oxygen atoms in total. The lowest BCUT2D eigenvalue weighted by Crippen LogP contribution is -2.30. The number of hydrogen-bond donors (Lipinski definition) is 1. The van der Waals surface area contributed by atoms with Gasteiger partial charge in [0.25, 0.3) is 0 Å². The lowest BCUT2D eigenvalue weighted by atomic mass is 9.99. The van der Waals surface area contributed by atoms with Crippen molar-refractivity contribution in [2.75, 3.05) is 35.0 Å². The predicted octanol–water partition coefficient (Wildman–Crippen LogP) is 4.22. The Bertz CT molecular complexity index is 1080. The summed E-state index contributed by atoms with van der Waals surface area (Å²) in [6.07, 6.45) is 3.14. The largest absolute Gasteiger partial charge is 0.504 e. The van der Waals surface area contributed by atoms with E-state index >= 15 is 0 Å². The van der Waals surface area contributed by atoms with Crippen LogP contribution in [0.2, 0.25) is 0 Å². The first kappa shape index (κ1) is 21.9. The molecule has 0 bridgehead atoms. The van der Waals surface area contributed by atoms with Gasteiger partial charge in [-0.25, -0.2) is 0 Å². The maximum absolute atomic E-state index is 10.0. The van der Waals surface area contributed by atoms with Crippen molar-refractivity contribution in [2.24, 2.45) is 0 Å². The molecule has 1 aliphatic heterocycles. The van der Waals surface area contributed by atoms with E-state index in [9.17, 15) is 5.11 Å². The van der Waals surface area contributed by atoms with Gasteiger partial charge in [0.15, 0.2) is 23.0 Å². The molecule has 1 aliphatic rings. The summed E-state index contributed by atoms with van der Waals surface area (Å²) >= 11 is 0. The molecule has 7 heteroatoms. The first-order chi connectivity index (χ1) is 15.6. The van der Waals surface area contributed by atoms with Gasteiger partial charge in [0.1, 0.15) is 0 Å². The molecular formula is C25H30N2O5. The van der Waals surface area contributed by atoms with Crippen LogP contribution in [0.1, 0.15) is 29.3 Å². The Hall–Kier alpha value is -3.32. The van der Waals surface area contributed by atoms with Crippen LogP contribution in [0.5, 0.6) is 28.7 Å².